The third-order valence-electron chi connectivity index (χ3n) is 5.64. The van der Waals surface area contributed by atoms with Crippen LogP contribution in [-0.2, 0) is 19.9 Å². The number of anilines is 1. The largest absolute Gasteiger partial charge is 0.344 e. The molecule has 2 aliphatic rings. The van der Waals surface area contributed by atoms with E-state index in [1.165, 1.54) is 0 Å². The zero-order valence-electron chi connectivity index (χ0n) is 17.1. The molecule has 8 nitrogen and oxygen atoms in total. The third kappa shape index (κ3) is 3.76. The molecule has 160 valence electrons. The van der Waals surface area contributed by atoms with E-state index in [0.717, 1.165) is 4.90 Å². The molecule has 0 saturated carbocycles. The van der Waals surface area contributed by atoms with Crippen molar-refractivity contribution in [3.63, 3.8) is 0 Å². The van der Waals surface area contributed by atoms with Gasteiger partial charge < -0.3 is 10.2 Å². The van der Waals surface area contributed by atoms with E-state index in [0.29, 0.717) is 16.3 Å². The Balaban J connectivity index is 1.45. The fourth-order valence-corrected chi connectivity index (χ4v) is 4.21. The monoisotopic (exact) mass is 438 g/mol. The summed E-state index contributed by atoms with van der Waals surface area (Å²) in [6.45, 7) is 1.77. The molecular weight excluding hydrogens is 416 g/mol. The van der Waals surface area contributed by atoms with Gasteiger partial charge in [-0.25, -0.2) is 4.79 Å². The van der Waals surface area contributed by atoms with Gasteiger partial charge >= 0.3 is 6.03 Å². The lowest BCUT2D eigenvalue weighted by Gasteiger charge is -2.22. The molecular formula is C22H22N4O4S. The van der Waals surface area contributed by atoms with Crippen LogP contribution >= 0.6 is 11.8 Å². The summed E-state index contributed by atoms with van der Waals surface area (Å²) in [5.74, 6) is -1.97. The summed E-state index contributed by atoms with van der Waals surface area (Å²) in [4.78, 5) is 53.3. The van der Waals surface area contributed by atoms with Crippen LogP contribution in [0.1, 0.15) is 18.9 Å². The molecule has 2 aromatic carbocycles. The molecule has 0 radical (unpaired) electrons. The van der Waals surface area contributed by atoms with Crippen molar-refractivity contribution in [2.45, 2.75) is 23.8 Å². The highest BCUT2D eigenvalue weighted by molar-refractivity contribution is 7.98. The molecule has 9 heteroatoms. The fourth-order valence-electron chi connectivity index (χ4n) is 3.80. The zero-order chi connectivity index (χ0) is 22.2. The van der Waals surface area contributed by atoms with Crippen LogP contribution in [0.25, 0.3) is 0 Å². The van der Waals surface area contributed by atoms with Crippen molar-refractivity contribution < 1.29 is 19.2 Å². The number of imide groups is 1. The van der Waals surface area contributed by atoms with Crippen LogP contribution in [0.5, 0.6) is 0 Å². The first-order valence-electron chi connectivity index (χ1n) is 9.80. The Morgan fingerprint density at radius 2 is 1.77 bits per heavy atom. The first-order chi connectivity index (χ1) is 14.8. The third-order valence-corrected chi connectivity index (χ3v) is 6.39. The second kappa shape index (κ2) is 8.07. The van der Waals surface area contributed by atoms with Crippen molar-refractivity contribution in [3.05, 3.63) is 60.2 Å². The first-order valence-corrected chi connectivity index (χ1v) is 11.0. The van der Waals surface area contributed by atoms with Gasteiger partial charge in [-0.15, -0.1) is 11.8 Å². The molecule has 31 heavy (non-hydrogen) atoms. The summed E-state index contributed by atoms with van der Waals surface area (Å²) >= 11 is 1.60. The van der Waals surface area contributed by atoms with Crippen molar-refractivity contribution in [1.82, 2.24) is 15.8 Å². The Bertz CT molecular complexity index is 1040. The Hall–Kier alpha value is -3.33. The van der Waals surface area contributed by atoms with Crippen LogP contribution in [0.2, 0.25) is 0 Å². The Morgan fingerprint density at radius 1 is 1.10 bits per heavy atom. The molecule has 2 aliphatic heterocycles. The maximum atomic E-state index is 12.9. The Morgan fingerprint density at radius 3 is 2.42 bits per heavy atom. The van der Waals surface area contributed by atoms with E-state index < -0.39 is 29.3 Å². The van der Waals surface area contributed by atoms with Gasteiger partial charge in [0.05, 0.1) is 5.92 Å². The average Bonchev–Trinajstić information content (AvgIpc) is 3.28. The molecule has 4 rings (SSSR count). The van der Waals surface area contributed by atoms with E-state index in [4.69, 9.17) is 0 Å². The lowest BCUT2D eigenvalue weighted by Crippen LogP contribution is -2.50. The van der Waals surface area contributed by atoms with E-state index in [1.807, 2.05) is 36.6 Å². The van der Waals surface area contributed by atoms with E-state index in [1.54, 1.807) is 47.9 Å². The van der Waals surface area contributed by atoms with E-state index in [9.17, 15) is 19.2 Å². The molecule has 2 atom stereocenters. The van der Waals surface area contributed by atoms with Gasteiger partial charge in [-0.1, -0.05) is 30.3 Å². The first kappa shape index (κ1) is 20.9. The molecule has 0 unspecified atom stereocenters. The summed E-state index contributed by atoms with van der Waals surface area (Å²) in [7, 11) is 0. The van der Waals surface area contributed by atoms with Crippen LogP contribution in [0.3, 0.4) is 0 Å². The van der Waals surface area contributed by atoms with Crippen molar-refractivity contribution in [2.24, 2.45) is 5.92 Å². The number of nitrogens with zero attached hydrogens (tertiary/aromatic N) is 2. The molecule has 2 saturated heterocycles. The number of hydrogen-bond acceptors (Lipinski definition) is 5. The predicted molar refractivity (Wildman–Crippen MR) is 116 cm³/mol. The minimum Gasteiger partial charge on any atom is -0.318 e. The highest BCUT2D eigenvalue weighted by Gasteiger charge is 2.50. The highest BCUT2D eigenvalue weighted by atomic mass is 32.2. The topological polar surface area (TPSA) is 98.8 Å². The van der Waals surface area contributed by atoms with E-state index in [-0.39, 0.29) is 18.9 Å². The second-order valence-corrected chi connectivity index (χ2v) is 8.52. The van der Waals surface area contributed by atoms with Crippen molar-refractivity contribution in [1.29, 1.82) is 0 Å². The molecule has 0 bridgehead atoms. The smallest absolute Gasteiger partial charge is 0.318 e. The molecule has 2 aromatic rings. The molecule has 0 aromatic heterocycles. The maximum Gasteiger partial charge on any atom is 0.344 e. The van der Waals surface area contributed by atoms with Gasteiger partial charge in [0.25, 0.3) is 5.91 Å². The van der Waals surface area contributed by atoms with Crippen LogP contribution in [-0.4, -0.2) is 41.6 Å². The number of nitrogens with one attached hydrogen (secondary N) is 2. The minimum atomic E-state index is -1.28. The number of carbonyl (C=O) groups excluding carboxylic acids is 4. The second-order valence-electron chi connectivity index (χ2n) is 7.64. The molecule has 0 aliphatic carbocycles. The van der Waals surface area contributed by atoms with Crippen LogP contribution in [0, 0.1) is 5.92 Å². The Labute approximate surface area is 183 Å². The summed E-state index contributed by atoms with van der Waals surface area (Å²) in [6.07, 6.45) is 1.98. The quantitative estimate of drug-likeness (QED) is 0.551. The number of thioether (sulfide) groups is 1. The van der Waals surface area contributed by atoms with Gasteiger partial charge in [0.2, 0.25) is 11.8 Å². The predicted octanol–water partition coefficient (Wildman–Crippen LogP) is 2.26. The van der Waals surface area contributed by atoms with Gasteiger partial charge in [-0.05, 0) is 43.0 Å². The standard InChI is InChI=1S/C22H22N4O4S/c1-22(15-6-4-3-5-7-15)20(29)26(21(30)23-22)24-19(28)14-12-18(27)25(13-14)16-8-10-17(31-2)11-9-16/h3-11,14H,12-13H2,1-2H3,(H,23,30)(H,24,28)/t14-,22+/m0/s1. The lowest BCUT2D eigenvalue weighted by molar-refractivity contribution is -0.140. The summed E-state index contributed by atoms with van der Waals surface area (Å²) in [5, 5.41) is 3.34. The number of rotatable bonds is 5. The number of carbonyl (C=O) groups is 4. The van der Waals surface area contributed by atoms with E-state index in [2.05, 4.69) is 10.7 Å². The van der Waals surface area contributed by atoms with Gasteiger partial charge in [0.1, 0.15) is 5.54 Å². The van der Waals surface area contributed by atoms with Crippen LogP contribution in [0.15, 0.2) is 59.5 Å². The Kier molecular flexibility index (Phi) is 5.45. The van der Waals surface area contributed by atoms with Crippen molar-refractivity contribution in [3.8, 4) is 0 Å². The van der Waals surface area contributed by atoms with Gasteiger partial charge in [-0.2, -0.15) is 5.01 Å². The minimum absolute atomic E-state index is 0.00964. The molecule has 2 heterocycles. The number of urea groups is 1. The molecule has 5 amide bonds. The number of amides is 5. The summed E-state index contributed by atoms with van der Waals surface area (Å²) in [6, 6.07) is 15.6. The van der Waals surface area contributed by atoms with Crippen molar-refractivity contribution in [2.75, 3.05) is 17.7 Å². The lowest BCUT2D eigenvalue weighted by atomic mass is 9.92. The molecule has 0 spiro atoms. The average molecular weight is 439 g/mol. The van der Waals surface area contributed by atoms with E-state index >= 15 is 0 Å². The number of hydrazine groups is 1. The van der Waals surface area contributed by atoms with Crippen LogP contribution in [0.4, 0.5) is 10.5 Å². The van der Waals surface area contributed by atoms with Gasteiger partial charge in [0.15, 0.2) is 0 Å². The zero-order valence-corrected chi connectivity index (χ0v) is 17.9. The summed E-state index contributed by atoms with van der Waals surface area (Å²) in [5.41, 5.74) is 2.46. The van der Waals surface area contributed by atoms with Crippen molar-refractivity contribution >= 4 is 41.2 Å². The fraction of sp³-hybridized carbons (Fsp3) is 0.273. The summed E-state index contributed by atoms with van der Waals surface area (Å²) < 4.78 is 0. The van der Waals surface area contributed by atoms with Crippen LogP contribution < -0.4 is 15.6 Å². The number of hydrogen-bond donors (Lipinski definition) is 2. The molecule has 2 N–H and O–H groups in total. The highest BCUT2D eigenvalue weighted by Crippen LogP contribution is 2.29. The maximum absolute atomic E-state index is 12.9. The number of benzene rings is 2. The van der Waals surface area contributed by atoms with Gasteiger partial charge in [-0.3, -0.25) is 19.8 Å². The SMILES string of the molecule is CSc1ccc(N2C[C@@H](C(=O)NN3C(=O)N[C@](C)(c4ccccc4)C3=O)CC2=O)cc1. The van der Waals surface area contributed by atoms with Gasteiger partial charge in [0, 0.05) is 23.5 Å². The normalized spacial score (nSPS) is 23.3. The molecule has 2 fully saturated rings.